The monoisotopic (exact) mass is 387 g/mol. The molecule has 0 saturated carbocycles. The number of aryl methyl sites for hydroxylation is 2. The van der Waals surface area contributed by atoms with Crippen molar-refractivity contribution in [3.63, 3.8) is 0 Å². The number of thiazole rings is 1. The molecule has 1 atom stereocenters. The minimum absolute atomic E-state index is 0.0911. The van der Waals surface area contributed by atoms with Gasteiger partial charge in [-0.05, 0) is 36.6 Å². The molecule has 1 heterocycles. The number of allylic oxidation sites excluding steroid dienone is 3. The number of benzene rings is 1. The van der Waals surface area contributed by atoms with Gasteiger partial charge in [-0.25, -0.2) is 4.98 Å². The van der Waals surface area contributed by atoms with Crippen molar-refractivity contribution in [3.8, 4) is 0 Å². The highest BCUT2D eigenvalue weighted by Crippen LogP contribution is 2.30. The first-order valence-electron chi connectivity index (χ1n) is 8.64. The number of hydrogen-bond acceptors (Lipinski definition) is 4. The van der Waals surface area contributed by atoms with E-state index >= 15 is 0 Å². The summed E-state index contributed by atoms with van der Waals surface area (Å²) in [5, 5.41) is 4.61. The smallest absolute Gasteiger partial charge is 0.248 e. The summed E-state index contributed by atoms with van der Waals surface area (Å²) < 4.78 is 0. The molecule has 3 N–H and O–H groups in total. The van der Waals surface area contributed by atoms with Crippen molar-refractivity contribution in [1.82, 2.24) is 10.3 Å². The lowest BCUT2D eigenvalue weighted by molar-refractivity contribution is -0.118. The number of nitrogens with zero attached hydrogens (tertiary/aromatic N) is 1. The first-order valence-corrected chi connectivity index (χ1v) is 9.84. The molecule has 6 heteroatoms. The predicted molar refractivity (Wildman–Crippen MR) is 108 cm³/mol. The molecule has 0 bridgehead atoms. The van der Waals surface area contributed by atoms with Crippen LogP contribution >= 0.6 is 22.9 Å². The summed E-state index contributed by atoms with van der Waals surface area (Å²) in [5.41, 5.74) is 9.83. The van der Waals surface area contributed by atoms with Gasteiger partial charge in [0.05, 0.1) is 11.7 Å². The van der Waals surface area contributed by atoms with Crippen molar-refractivity contribution >= 4 is 34.4 Å². The second-order valence-corrected chi connectivity index (χ2v) is 7.80. The highest BCUT2D eigenvalue weighted by Gasteiger charge is 2.22. The van der Waals surface area contributed by atoms with Gasteiger partial charge < -0.3 is 11.1 Å². The van der Waals surface area contributed by atoms with Gasteiger partial charge >= 0.3 is 0 Å². The van der Waals surface area contributed by atoms with Gasteiger partial charge in [-0.1, -0.05) is 42.8 Å². The fourth-order valence-electron chi connectivity index (χ4n) is 2.94. The van der Waals surface area contributed by atoms with E-state index in [4.69, 9.17) is 17.3 Å². The van der Waals surface area contributed by atoms with Crippen LogP contribution in [0, 0.1) is 6.92 Å². The van der Waals surface area contributed by atoms with Gasteiger partial charge in [0.1, 0.15) is 5.01 Å². The van der Waals surface area contributed by atoms with Crippen molar-refractivity contribution in [3.05, 3.63) is 68.2 Å². The van der Waals surface area contributed by atoms with Gasteiger partial charge in [0.15, 0.2) is 0 Å². The van der Waals surface area contributed by atoms with Crippen LogP contribution in [0.5, 0.6) is 0 Å². The van der Waals surface area contributed by atoms with Gasteiger partial charge in [0.2, 0.25) is 5.91 Å². The minimum Gasteiger partial charge on any atom is -0.342 e. The number of hydrogen-bond donors (Lipinski definition) is 2. The maximum Gasteiger partial charge on any atom is 0.248 e. The molecule has 0 fully saturated rings. The van der Waals surface area contributed by atoms with Gasteiger partial charge in [-0.2, -0.15) is 0 Å². The Morgan fingerprint density at radius 2 is 2.08 bits per heavy atom. The molecule has 1 aliphatic carbocycles. The second kappa shape index (κ2) is 8.16. The van der Waals surface area contributed by atoms with E-state index in [9.17, 15) is 4.79 Å². The van der Waals surface area contributed by atoms with Crippen LogP contribution in [0.2, 0.25) is 5.02 Å². The molecular formula is C20H22ClN3OS. The molecule has 1 unspecified atom stereocenters. The minimum atomic E-state index is -0.257. The lowest BCUT2D eigenvalue weighted by Crippen LogP contribution is -2.34. The Balaban J connectivity index is 1.65. The van der Waals surface area contributed by atoms with Crippen LogP contribution in [-0.4, -0.2) is 17.4 Å². The van der Waals surface area contributed by atoms with E-state index in [1.807, 2.05) is 43.3 Å². The molecule has 0 spiro atoms. The second-order valence-electron chi connectivity index (χ2n) is 6.24. The fourth-order valence-corrected chi connectivity index (χ4v) is 4.14. The van der Waals surface area contributed by atoms with E-state index in [0.29, 0.717) is 18.0 Å². The molecule has 1 amide bonds. The number of halogens is 1. The molecule has 1 aromatic heterocycles. The zero-order valence-corrected chi connectivity index (χ0v) is 16.5. The standard InChI is InChI=1S/C20H22ClN3OS/c1-3-18-12(2)23-20(26-18)17(11-22)24-19(25)15-5-4-14(10-15)13-6-8-16(21)9-7-13/h4-9,17H,3,10-11,22H2,1-2H3,(H,24,25). The Kier molecular flexibility index (Phi) is 5.91. The summed E-state index contributed by atoms with van der Waals surface area (Å²) in [4.78, 5) is 18.5. The quantitative estimate of drug-likeness (QED) is 0.780. The van der Waals surface area contributed by atoms with Crippen LogP contribution in [0.4, 0.5) is 0 Å². The molecule has 1 aliphatic rings. The van der Waals surface area contributed by atoms with Crippen LogP contribution in [-0.2, 0) is 11.2 Å². The Morgan fingerprint density at radius 3 is 2.69 bits per heavy atom. The third-order valence-electron chi connectivity index (χ3n) is 4.44. The summed E-state index contributed by atoms with van der Waals surface area (Å²) in [6, 6.07) is 7.39. The SMILES string of the molecule is CCc1sc(C(CN)NC(=O)C2=CC=C(c3ccc(Cl)cc3)C2)nc1C. The van der Waals surface area contributed by atoms with E-state index in [2.05, 4.69) is 17.2 Å². The normalized spacial score (nSPS) is 14.8. The number of carbonyl (C=O) groups excluding carboxylic acids is 1. The van der Waals surface area contributed by atoms with Crippen LogP contribution < -0.4 is 11.1 Å². The predicted octanol–water partition coefficient (Wildman–Crippen LogP) is 4.20. The van der Waals surface area contributed by atoms with Crippen LogP contribution in [0.1, 0.15) is 40.5 Å². The van der Waals surface area contributed by atoms with E-state index < -0.39 is 0 Å². The summed E-state index contributed by atoms with van der Waals surface area (Å²) in [5.74, 6) is -0.0911. The molecule has 26 heavy (non-hydrogen) atoms. The number of nitrogens with two attached hydrogens (primary N) is 1. The van der Waals surface area contributed by atoms with Crippen LogP contribution in [0.25, 0.3) is 5.57 Å². The lowest BCUT2D eigenvalue weighted by atomic mass is 10.0. The summed E-state index contributed by atoms with van der Waals surface area (Å²) in [6.45, 7) is 4.43. The Hall–Kier alpha value is -1.95. The largest absolute Gasteiger partial charge is 0.342 e. The molecule has 0 aliphatic heterocycles. The number of carbonyl (C=O) groups is 1. The molecule has 2 aromatic rings. The molecule has 0 saturated heterocycles. The molecular weight excluding hydrogens is 366 g/mol. The van der Waals surface area contributed by atoms with Crippen LogP contribution in [0.3, 0.4) is 0 Å². The average molecular weight is 388 g/mol. The molecule has 1 aromatic carbocycles. The third kappa shape index (κ3) is 4.06. The lowest BCUT2D eigenvalue weighted by Gasteiger charge is -2.15. The van der Waals surface area contributed by atoms with Gasteiger partial charge in [-0.15, -0.1) is 11.3 Å². The molecule has 0 radical (unpaired) electrons. The zero-order chi connectivity index (χ0) is 18.7. The van der Waals surface area contributed by atoms with Crippen molar-refractivity contribution < 1.29 is 4.79 Å². The first kappa shape index (κ1) is 18.8. The van der Waals surface area contributed by atoms with E-state index in [-0.39, 0.29) is 11.9 Å². The molecule has 4 nitrogen and oxygen atoms in total. The Labute approximate surface area is 162 Å². The van der Waals surface area contributed by atoms with Crippen molar-refractivity contribution in [2.24, 2.45) is 5.73 Å². The highest BCUT2D eigenvalue weighted by atomic mass is 35.5. The number of nitrogens with one attached hydrogen (secondary N) is 1. The van der Waals surface area contributed by atoms with Gasteiger partial charge in [-0.3, -0.25) is 4.79 Å². The first-order chi connectivity index (χ1) is 12.5. The third-order valence-corrected chi connectivity index (χ3v) is 6.11. The number of amides is 1. The zero-order valence-electron chi connectivity index (χ0n) is 14.9. The van der Waals surface area contributed by atoms with Crippen molar-refractivity contribution in [2.45, 2.75) is 32.7 Å². The Bertz CT molecular complexity index is 868. The average Bonchev–Trinajstić information content (AvgIpc) is 3.27. The Morgan fingerprint density at radius 1 is 1.35 bits per heavy atom. The maximum absolute atomic E-state index is 12.7. The highest BCUT2D eigenvalue weighted by molar-refractivity contribution is 7.11. The van der Waals surface area contributed by atoms with E-state index in [1.165, 1.54) is 4.88 Å². The fraction of sp³-hybridized carbons (Fsp3) is 0.300. The van der Waals surface area contributed by atoms with Crippen molar-refractivity contribution in [1.29, 1.82) is 0 Å². The molecule has 3 rings (SSSR count). The van der Waals surface area contributed by atoms with Crippen molar-refractivity contribution in [2.75, 3.05) is 6.54 Å². The summed E-state index contributed by atoms with van der Waals surface area (Å²) in [7, 11) is 0. The van der Waals surface area contributed by atoms with E-state index in [0.717, 1.165) is 33.8 Å². The van der Waals surface area contributed by atoms with E-state index in [1.54, 1.807) is 11.3 Å². The summed E-state index contributed by atoms with van der Waals surface area (Å²) in [6.07, 6.45) is 5.39. The topological polar surface area (TPSA) is 68.0 Å². The number of aromatic nitrogens is 1. The van der Waals surface area contributed by atoms with Gasteiger partial charge in [0.25, 0.3) is 0 Å². The maximum atomic E-state index is 12.7. The molecule has 136 valence electrons. The summed E-state index contributed by atoms with van der Waals surface area (Å²) >= 11 is 7.56. The van der Waals surface area contributed by atoms with Gasteiger partial charge in [0, 0.05) is 28.4 Å². The van der Waals surface area contributed by atoms with Crippen LogP contribution in [0.15, 0.2) is 42.0 Å². The number of rotatable bonds is 6.